The standard InChI is InChI=1S/C20H17FN2O5/c1-2-10-22-17(12-6-8-14(21)9-7-12)16(19(25)20(22)26)18(24)13-4-3-5-15(11-13)23(27)28/h3-9,11,17,24H,2,10H2,1H3/b18-16-. The predicted molar refractivity (Wildman–Crippen MR) is 98.8 cm³/mol. The lowest BCUT2D eigenvalue weighted by Gasteiger charge is -2.24. The van der Waals surface area contributed by atoms with Crippen molar-refractivity contribution >= 4 is 23.1 Å². The number of nitro groups is 1. The molecule has 1 aliphatic heterocycles. The first-order chi connectivity index (χ1) is 13.3. The van der Waals surface area contributed by atoms with Crippen molar-refractivity contribution in [3.63, 3.8) is 0 Å². The average molecular weight is 384 g/mol. The summed E-state index contributed by atoms with van der Waals surface area (Å²) in [5.74, 6) is -2.64. The lowest BCUT2D eigenvalue weighted by molar-refractivity contribution is -0.384. The molecule has 1 N–H and O–H groups in total. The van der Waals surface area contributed by atoms with Crippen LogP contribution in [0.3, 0.4) is 0 Å². The van der Waals surface area contributed by atoms with Gasteiger partial charge in [0.1, 0.15) is 11.6 Å². The highest BCUT2D eigenvalue weighted by atomic mass is 19.1. The third kappa shape index (κ3) is 3.36. The molecular formula is C20H17FN2O5. The number of halogens is 1. The van der Waals surface area contributed by atoms with Gasteiger partial charge >= 0.3 is 0 Å². The number of aliphatic hydroxyl groups excluding tert-OH is 1. The van der Waals surface area contributed by atoms with Gasteiger partial charge in [-0.1, -0.05) is 31.2 Å². The fourth-order valence-electron chi connectivity index (χ4n) is 3.27. The quantitative estimate of drug-likeness (QED) is 0.279. The van der Waals surface area contributed by atoms with Gasteiger partial charge in [-0.2, -0.15) is 0 Å². The number of ketones is 1. The highest BCUT2D eigenvalue weighted by Gasteiger charge is 2.45. The first-order valence-electron chi connectivity index (χ1n) is 8.63. The Labute approximate surface area is 159 Å². The Morgan fingerprint density at radius 1 is 1.21 bits per heavy atom. The summed E-state index contributed by atoms with van der Waals surface area (Å²) in [5, 5.41) is 21.8. The van der Waals surface area contributed by atoms with Gasteiger partial charge in [0.15, 0.2) is 0 Å². The predicted octanol–water partition coefficient (Wildman–Crippen LogP) is 3.57. The molecule has 1 atom stereocenters. The summed E-state index contributed by atoms with van der Waals surface area (Å²) < 4.78 is 13.3. The van der Waals surface area contributed by atoms with E-state index in [1.807, 2.05) is 6.92 Å². The summed E-state index contributed by atoms with van der Waals surface area (Å²) in [6, 6.07) is 9.56. The van der Waals surface area contributed by atoms with Gasteiger partial charge in [0.05, 0.1) is 16.5 Å². The molecule has 1 fully saturated rings. The van der Waals surface area contributed by atoms with Crippen LogP contribution < -0.4 is 0 Å². The number of Topliss-reactive ketones (excluding diaryl/α,β-unsaturated/α-hetero) is 1. The van der Waals surface area contributed by atoms with Crippen LogP contribution >= 0.6 is 0 Å². The van der Waals surface area contributed by atoms with Gasteiger partial charge in [-0.05, 0) is 24.1 Å². The van der Waals surface area contributed by atoms with Gasteiger partial charge < -0.3 is 10.0 Å². The summed E-state index contributed by atoms with van der Waals surface area (Å²) in [4.78, 5) is 36.9. The van der Waals surface area contributed by atoms with Gasteiger partial charge in [0, 0.05) is 24.2 Å². The molecule has 1 saturated heterocycles. The summed E-state index contributed by atoms with van der Waals surface area (Å²) in [5.41, 5.74) is 0.0765. The summed E-state index contributed by atoms with van der Waals surface area (Å²) in [6.07, 6.45) is 0.571. The molecule has 2 aromatic carbocycles. The Balaban J connectivity index is 2.19. The van der Waals surface area contributed by atoms with E-state index in [1.54, 1.807) is 0 Å². The Hall–Kier alpha value is -3.55. The smallest absolute Gasteiger partial charge is 0.295 e. The number of carbonyl (C=O) groups excluding carboxylic acids is 2. The number of rotatable bonds is 5. The van der Waals surface area contributed by atoms with E-state index in [0.717, 1.165) is 6.07 Å². The van der Waals surface area contributed by atoms with Crippen LogP contribution in [0, 0.1) is 15.9 Å². The number of non-ortho nitro benzene ring substituents is 1. The molecule has 1 unspecified atom stereocenters. The number of carbonyl (C=O) groups is 2. The third-order valence-corrected chi connectivity index (χ3v) is 4.52. The van der Waals surface area contributed by atoms with Crippen molar-refractivity contribution < 1.29 is 24.0 Å². The molecule has 8 heteroatoms. The van der Waals surface area contributed by atoms with Crippen LogP contribution in [0.25, 0.3) is 5.76 Å². The molecule has 28 heavy (non-hydrogen) atoms. The fraction of sp³-hybridized carbons (Fsp3) is 0.200. The van der Waals surface area contributed by atoms with Gasteiger partial charge in [-0.15, -0.1) is 0 Å². The van der Waals surface area contributed by atoms with E-state index < -0.39 is 34.2 Å². The molecule has 3 rings (SSSR count). The Morgan fingerprint density at radius 3 is 2.50 bits per heavy atom. The second-order valence-electron chi connectivity index (χ2n) is 6.35. The molecule has 1 heterocycles. The first kappa shape index (κ1) is 19.2. The van der Waals surface area contributed by atoms with Crippen molar-refractivity contribution in [2.75, 3.05) is 6.54 Å². The summed E-state index contributed by atoms with van der Waals surface area (Å²) in [6.45, 7) is 2.10. The average Bonchev–Trinajstić information content (AvgIpc) is 2.93. The van der Waals surface area contributed by atoms with Crippen molar-refractivity contribution in [1.82, 2.24) is 4.90 Å². The van der Waals surface area contributed by atoms with Crippen LogP contribution in [0.5, 0.6) is 0 Å². The molecule has 0 saturated carbocycles. The molecule has 0 aliphatic carbocycles. The number of likely N-dealkylation sites (tertiary alicyclic amines) is 1. The van der Waals surface area contributed by atoms with E-state index in [0.29, 0.717) is 12.0 Å². The minimum Gasteiger partial charge on any atom is -0.507 e. The van der Waals surface area contributed by atoms with E-state index in [-0.39, 0.29) is 23.4 Å². The van der Waals surface area contributed by atoms with Crippen LogP contribution in [0.1, 0.15) is 30.5 Å². The van der Waals surface area contributed by atoms with Crippen molar-refractivity contribution in [1.29, 1.82) is 0 Å². The van der Waals surface area contributed by atoms with Crippen LogP contribution in [0.2, 0.25) is 0 Å². The number of nitrogens with zero attached hydrogens (tertiary/aromatic N) is 2. The molecule has 144 valence electrons. The number of hydrogen-bond donors (Lipinski definition) is 1. The topological polar surface area (TPSA) is 101 Å². The molecule has 1 aliphatic rings. The molecule has 0 radical (unpaired) electrons. The molecule has 0 bridgehead atoms. The van der Waals surface area contributed by atoms with Crippen molar-refractivity contribution in [2.45, 2.75) is 19.4 Å². The zero-order chi connectivity index (χ0) is 20.4. The maximum atomic E-state index is 13.3. The molecule has 2 aromatic rings. The first-order valence-corrected chi connectivity index (χ1v) is 8.63. The van der Waals surface area contributed by atoms with E-state index in [9.17, 15) is 29.2 Å². The fourth-order valence-corrected chi connectivity index (χ4v) is 3.27. The van der Waals surface area contributed by atoms with Crippen LogP contribution in [0.4, 0.5) is 10.1 Å². The van der Waals surface area contributed by atoms with Crippen LogP contribution in [0.15, 0.2) is 54.1 Å². The Bertz CT molecular complexity index is 984. The lowest BCUT2D eigenvalue weighted by atomic mass is 9.95. The number of aliphatic hydroxyl groups is 1. The molecule has 7 nitrogen and oxygen atoms in total. The summed E-state index contributed by atoms with van der Waals surface area (Å²) in [7, 11) is 0. The largest absolute Gasteiger partial charge is 0.507 e. The number of nitro benzene ring substituents is 1. The number of amides is 1. The van der Waals surface area contributed by atoms with E-state index in [1.165, 1.54) is 47.4 Å². The van der Waals surface area contributed by atoms with E-state index >= 15 is 0 Å². The molecular weight excluding hydrogens is 367 g/mol. The van der Waals surface area contributed by atoms with Crippen LogP contribution in [-0.4, -0.2) is 33.2 Å². The Kier molecular flexibility index (Phi) is 5.21. The van der Waals surface area contributed by atoms with Gasteiger partial charge in [-0.3, -0.25) is 19.7 Å². The maximum Gasteiger partial charge on any atom is 0.295 e. The number of hydrogen-bond acceptors (Lipinski definition) is 5. The minimum absolute atomic E-state index is 0.0517. The highest BCUT2D eigenvalue weighted by molar-refractivity contribution is 6.46. The molecule has 0 spiro atoms. The number of benzene rings is 2. The second kappa shape index (κ2) is 7.59. The Morgan fingerprint density at radius 2 is 1.89 bits per heavy atom. The SMILES string of the molecule is CCCN1C(=O)C(=O)/C(=C(\O)c2cccc([N+](=O)[O-])c2)C1c1ccc(F)cc1. The van der Waals surface area contributed by atoms with Gasteiger partial charge in [-0.25, -0.2) is 4.39 Å². The van der Waals surface area contributed by atoms with Crippen molar-refractivity contribution in [3.05, 3.63) is 81.2 Å². The lowest BCUT2D eigenvalue weighted by Crippen LogP contribution is -2.30. The molecule has 0 aromatic heterocycles. The van der Waals surface area contributed by atoms with Crippen molar-refractivity contribution in [2.24, 2.45) is 0 Å². The maximum absolute atomic E-state index is 13.3. The van der Waals surface area contributed by atoms with E-state index in [2.05, 4.69) is 0 Å². The second-order valence-corrected chi connectivity index (χ2v) is 6.35. The summed E-state index contributed by atoms with van der Waals surface area (Å²) >= 11 is 0. The van der Waals surface area contributed by atoms with Crippen molar-refractivity contribution in [3.8, 4) is 0 Å². The molecule has 1 amide bonds. The normalized spacial score (nSPS) is 18.5. The van der Waals surface area contributed by atoms with Gasteiger partial charge in [0.25, 0.3) is 17.4 Å². The van der Waals surface area contributed by atoms with Crippen LogP contribution in [-0.2, 0) is 9.59 Å². The van der Waals surface area contributed by atoms with E-state index in [4.69, 9.17) is 0 Å². The highest BCUT2D eigenvalue weighted by Crippen LogP contribution is 2.39. The monoisotopic (exact) mass is 384 g/mol. The zero-order valence-electron chi connectivity index (χ0n) is 15.0. The zero-order valence-corrected chi connectivity index (χ0v) is 15.0. The van der Waals surface area contributed by atoms with Gasteiger partial charge in [0.2, 0.25) is 0 Å². The minimum atomic E-state index is -0.903. The third-order valence-electron chi connectivity index (χ3n) is 4.52.